The lowest BCUT2D eigenvalue weighted by Gasteiger charge is -2.30. The third-order valence-corrected chi connectivity index (χ3v) is 6.83. The summed E-state index contributed by atoms with van der Waals surface area (Å²) in [5.41, 5.74) is 1.05. The fourth-order valence-corrected chi connectivity index (χ4v) is 5.29. The Balaban J connectivity index is 1.64. The lowest BCUT2D eigenvalue weighted by molar-refractivity contribution is -0.143. The van der Waals surface area contributed by atoms with Gasteiger partial charge in [0.15, 0.2) is 4.34 Å². The minimum atomic E-state index is -0.506. The fraction of sp³-hybridized carbons (Fsp3) is 0.524. The van der Waals surface area contributed by atoms with Crippen LogP contribution in [-0.4, -0.2) is 52.6 Å². The number of nitrogens with zero attached hydrogens (tertiary/aromatic N) is 2. The second-order valence-corrected chi connectivity index (χ2v) is 10.6. The number of thiazole rings is 1. The molecule has 1 aliphatic rings. The SMILES string of the molecule is CC(=O)OCCSc1nc2ccc(NC(=O)C3CCCN3C(=O)C(C)(C)C)cc2s1. The van der Waals surface area contributed by atoms with E-state index in [1.54, 1.807) is 4.90 Å². The van der Waals surface area contributed by atoms with Crippen molar-refractivity contribution in [3.05, 3.63) is 18.2 Å². The van der Waals surface area contributed by atoms with E-state index in [2.05, 4.69) is 10.3 Å². The molecule has 1 aromatic carbocycles. The van der Waals surface area contributed by atoms with E-state index < -0.39 is 11.5 Å². The molecule has 30 heavy (non-hydrogen) atoms. The van der Waals surface area contributed by atoms with Crippen molar-refractivity contribution in [2.45, 2.75) is 50.9 Å². The number of benzene rings is 1. The standard InChI is InChI=1S/C21H27N3O4S2/c1-13(25)28-10-11-29-20-23-15-8-7-14(12-17(15)30-20)22-18(26)16-6-5-9-24(16)19(27)21(2,3)4/h7-8,12,16H,5-6,9-11H2,1-4H3,(H,22,26). The largest absolute Gasteiger partial charge is 0.465 e. The van der Waals surface area contributed by atoms with Crippen LogP contribution in [0.15, 0.2) is 22.5 Å². The lowest BCUT2D eigenvalue weighted by atomic mass is 9.94. The van der Waals surface area contributed by atoms with Crippen LogP contribution in [0.1, 0.15) is 40.5 Å². The zero-order chi connectivity index (χ0) is 21.9. The number of fused-ring (bicyclic) bond motifs is 1. The van der Waals surface area contributed by atoms with Crippen LogP contribution in [0.4, 0.5) is 5.69 Å². The number of likely N-dealkylation sites (tertiary alicyclic amines) is 1. The lowest BCUT2D eigenvalue weighted by Crippen LogP contribution is -2.47. The van der Waals surface area contributed by atoms with Crippen LogP contribution < -0.4 is 5.32 Å². The molecule has 0 radical (unpaired) electrons. The molecule has 9 heteroatoms. The molecule has 1 unspecified atom stereocenters. The van der Waals surface area contributed by atoms with Crippen molar-refractivity contribution in [2.24, 2.45) is 5.41 Å². The number of rotatable bonds is 6. The number of hydrogen-bond donors (Lipinski definition) is 1. The smallest absolute Gasteiger partial charge is 0.302 e. The molecule has 3 rings (SSSR count). The maximum atomic E-state index is 12.9. The van der Waals surface area contributed by atoms with Crippen LogP contribution in [0.25, 0.3) is 10.2 Å². The van der Waals surface area contributed by atoms with Crippen molar-refractivity contribution < 1.29 is 19.1 Å². The van der Waals surface area contributed by atoms with Gasteiger partial charge in [-0.15, -0.1) is 11.3 Å². The second-order valence-electron chi connectivity index (χ2n) is 8.25. The van der Waals surface area contributed by atoms with Gasteiger partial charge in [-0.2, -0.15) is 0 Å². The molecule has 1 atom stereocenters. The summed E-state index contributed by atoms with van der Waals surface area (Å²) < 4.78 is 6.79. The number of amides is 2. The Morgan fingerprint density at radius 2 is 2.10 bits per heavy atom. The highest BCUT2D eigenvalue weighted by atomic mass is 32.2. The highest BCUT2D eigenvalue weighted by Gasteiger charge is 2.38. The second kappa shape index (κ2) is 9.34. The summed E-state index contributed by atoms with van der Waals surface area (Å²) in [5.74, 6) is 0.214. The molecule has 2 aromatic rings. The van der Waals surface area contributed by atoms with Gasteiger partial charge in [0.2, 0.25) is 11.8 Å². The number of anilines is 1. The third-order valence-electron chi connectivity index (χ3n) is 4.71. The first kappa shape index (κ1) is 22.6. The topological polar surface area (TPSA) is 88.6 Å². The summed E-state index contributed by atoms with van der Waals surface area (Å²) in [7, 11) is 0. The highest BCUT2D eigenvalue weighted by Crippen LogP contribution is 2.32. The number of esters is 1. The fourth-order valence-electron chi connectivity index (χ4n) is 3.30. The average molecular weight is 450 g/mol. The summed E-state index contributed by atoms with van der Waals surface area (Å²) >= 11 is 3.07. The molecule has 1 aliphatic heterocycles. The zero-order valence-corrected chi connectivity index (χ0v) is 19.3. The van der Waals surface area contributed by atoms with Crippen LogP contribution in [0, 0.1) is 5.41 Å². The Morgan fingerprint density at radius 3 is 2.80 bits per heavy atom. The maximum absolute atomic E-state index is 12.9. The molecule has 1 saturated heterocycles. The van der Waals surface area contributed by atoms with Crippen molar-refractivity contribution in [2.75, 3.05) is 24.2 Å². The maximum Gasteiger partial charge on any atom is 0.302 e. The van der Waals surface area contributed by atoms with E-state index >= 15 is 0 Å². The molecule has 0 bridgehead atoms. The number of carbonyl (C=O) groups is 3. The first-order valence-corrected chi connectivity index (χ1v) is 11.7. The summed E-state index contributed by atoms with van der Waals surface area (Å²) in [6.45, 7) is 7.99. The molecular formula is C21H27N3O4S2. The van der Waals surface area contributed by atoms with Crippen LogP contribution in [-0.2, 0) is 19.1 Å². The number of nitrogens with one attached hydrogen (secondary N) is 1. The minimum Gasteiger partial charge on any atom is -0.465 e. The molecule has 2 amide bonds. The van der Waals surface area contributed by atoms with Gasteiger partial charge in [0.05, 0.1) is 10.2 Å². The van der Waals surface area contributed by atoms with Crippen molar-refractivity contribution in [3.8, 4) is 0 Å². The number of thioether (sulfide) groups is 1. The number of carbonyl (C=O) groups excluding carboxylic acids is 3. The van der Waals surface area contributed by atoms with Crippen LogP contribution in [0.3, 0.4) is 0 Å². The van der Waals surface area contributed by atoms with Gasteiger partial charge in [-0.05, 0) is 31.0 Å². The predicted octanol–water partition coefficient (Wildman–Crippen LogP) is 3.93. The Hall–Kier alpha value is -2.13. The zero-order valence-electron chi connectivity index (χ0n) is 17.7. The molecule has 0 spiro atoms. The van der Waals surface area contributed by atoms with E-state index in [0.29, 0.717) is 31.0 Å². The van der Waals surface area contributed by atoms with Crippen LogP contribution >= 0.6 is 23.1 Å². The molecule has 1 N–H and O–H groups in total. The highest BCUT2D eigenvalue weighted by molar-refractivity contribution is 8.01. The third kappa shape index (κ3) is 5.51. The van der Waals surface area contributed by atoms with Gasteiger partial charge in [0, 0.05) is 30.3 Å². The van der Waals surface area contributed by atoms with Crippen molar-refractivity contribution in [1.29, 1.82) is 0 Å². The summed E-state index contributed by atoms with van der Waals surface area (Å²) in [5, 5.41) is 2.97. The molecule has 7 nitrogen and oxygen atoms in total. The normalized spacial score (nSPS) is 16.7. The monoisotopic (exact) mass is 449 g/mol. The van der Waals surface area contributed by atoms with E-state index in [9.17, 15) is 14.4 Å². The summed E-state index contributed by atoms with van der Waals surface area (Å²) in [4.78, 5) is 42.6. The van der Waals surface area contributed by atoms with Gasteiger partial charge in [-0.3, -0.25) is 14.4 Å². The van der Waals surface area contributed by atoms with Gasteiger partial charge in [0.25, 0.3) is 0 Å². The Morgan fingerprint density at radius 1 is 1.33 bits per heavy atom. The summed E-state index contributed by atoms with van der Waals surface area (Å²) in [6.07, 6.45) is 1.52. The molecule has 0 saturated carbocycles. The minimum absolute atomic E-state index is 0.00785. The molecule has 1 fully saturated rings. The van der Waals surface area contributed by atoms with Gasteiger partial charge in [-0.1, -0.05) is 32.5 Å². The van der Waals surface area contributed by atoms with Gasteiger partial charge in [0.1, 0.15) is 12.6 Å². The molecule has 0 aliphatic carbocycles. The van der Waals surface area contributed by atoms with Crippen LogP contribution in [0.2, 0.25) is 0 Å². The van der Waals surface area contributed by atoms with Crippen molar-refractivity contribution >= 4 is 56.8 Å². The Bertz CT molecular complexity index is 951. The van der Waals surface area contributed by atoms with E-state index in [0.717, 1.165) is 21.0 Å². The molecule has 162 valence electrons. The number of aromatic nitrogens is 1. The van der Waals surface area contributed by atoms with Gasteiger partial charge >= 0.3 is 5.97 Å². The average Bonchev–Trinajstić information content (AvgIpc) is 3.30. The number of hydrogen-bond acceptors (Lipinski definition) is 7. The Labute approximate surface area is 184 Å². The van der Waals surface area contributed by atoms with Crippen molar-refractivity contribution in [1.82, 2.24) is 9.88 Å². The Kier molecular flexibility index (Phi) is 7.02. The van der Waals surface area contributed by atoms with Crippen LogP contribution in [0.5, 0.6) is 0 Å². The molecule has 2 heterocycles. The predicted molar refractivity (Wildman–Crippen MR) is 120 cm³/mol. The van der Waals surface area contributed by atoms with E-state index in [1.165, 1.54) is 30.0 Å². The molecule has 1 aromatic heterocycles. The first-order chi connectivity index (χ1) is 14.1. The van der Waals surface area contributed by atoms with Crippen molar-refractivity contribution in [3.63, 3.8) is 0 Å². The molecular weight excluding hydrogens is 422 g/mol. The number of ether oxygens (including phenoxy) is 1. The van der Waals surface area contributed by atoms with Gasteiger partial charge in [-0.25, -0.2) is 4.98 Å². The van der Waals surface area contributed by atoms with E-state index in [1.807, 2.05) is 39.0 Å². The van der Waals surface area contributed by atoms with E-state index in [4.69, 9.17) is 4.74 Å². The first-order valence-electron chi connectivity index (χ1n) is 9.94. The van der Waals surface area contributed by atoms with E-state index in [-0.39, 0.29) is 17.8 Å². The van der Waals surface area contributed by atoms with Gasteiger partial charge < -0.3 is 15.0 Å². The summed E-state index contributed by atoms with van der Waals surface area (Å²) in [6, 6.07) is 5.19. The quantitative estimate of drug-likeness (QED) is 0.408.